The van der Waals surface area contributed by atoms with Gasteiger partial charge in [0.25, 0.3) is 0 Å². The normalized spacial score (nSPS) is 21.7. The molecule has 1 fully saturated rings. The zero-order chi connectivity index (χ0) is 13.4. The van der Waals surface area contributed by atoms with Crippen LogP contribution in [0.2, 0.25) is 5.15 Å². The van der Waals surface area contributed by atoms with Crippen LogP contribution in [0.4, 0.5) is 0 Å². The van der Waals surface area contributed by atoms with Gasteiger partial charge in [-0.3, -0.25) is 0 Å². The van der Waals surface area contributed by atoms with Crippen molar-refractivity contribution in [3.05, 3.63) is 35.0 Å². The van der Waals surface area contributed by atoms with Crippen LogP contribution in [0.25, 0.3) is 6.08 Å². The number of pyridine rings is 1. The summed E-state index contributed by atoms with van der Waals surface area (Å²) in [4.78, 5) is 4.01. The van der Waals surface area contributed by atoms with Crippen LogP contribution in [0.1, 0.15) is 33.3 Å². The van der Waals surface area contributed by atoms with E-state index in [1.807, 2.05) is 45.8 Å². The summed E-state index contributed by atoms with van der Waals surface area (Å²) < 4.78 is 11.7. The fraction of sp³-hybridized carbons (Fsp3) is 0.462. The first-order valence-electron chi connectivity index (χ1n) is 5.96. The lowest BCUT2D eigenvalue weighted by Gasteiger charge is -2.32. The molecule has 1 aliphatic heterocycles. The van der Waals surface area contributed by atoms with Gasteiger partial charge in [0.15, 0.2) is 0 Å². The van der Waals surface area contributed by atoms with E-state index in [4.69, 9.17) is 20.9 Å². The summed E-state index contributed by atoms with van der Waals surface area (Å²) in [7, 11) is -0.328. The maximum atomic E-state index is 5.85. The summed E-state index contributed by atoms with van der Waals surface area (Å²) >= 11 is 5.73. The second kappa shape index (κ2) is 4.69. The third kappa shape index (κ3) is 2.77. The number of hydrogen-bond donors (Lipinski definition) is 0. The van der Waals surface area contributed by atoms with Gasteiger partial charge in [0.05, 0.1) is 11.2 Å². The molecule has 0 atom stereocenters. The molecule has 0 aromatic carbocycles. The average molecular weight is 266 g/mol. The molecule has 0 saturated carbocycles. The molecule has 2 rings (SSSR count). The Labute approximate surface area is 113 Å². The molecule has 1 aliphatic rings. The Morgan fingerprint density at radius 2 is 1.78 bits per heavy atom. The fourth-order valence-electron chi connectivity index (χ4n) is 1.64. The second-order valence-corrected chi connectivity index (χ2v) is 5.79. The van der Waals surface area contributed by atoms with Crippen molar-refractivity contribution >= 4 is 24.8 Å². The Bertz CT molecular complexity index is 441. The number of rotatable bonds is 2. The molecule has 1 saturated heterocycles. The quantitative estimate of drug-likeness (QED) is 0.607. The number of nitrogens with zero attached hydrogens (tertiary/aromatic N) is 1. The summed E-state index contributed by atoms with van der Waals surface area (Å²) in [5, 5.41) is 0.489. The highest BCUT2D eigenvalue weighted by Gasteiger charge is 2.49. The molecule has 0 bridgehead atoms. The zero-order valence-corrected chi connectivity index (χ0v) is 11.9. The Hall–Kier alpha value is -0.835. The van der Waals surface area contributed by atoms with E-state index < -0.39 is 0 Å². The van der Waals surface area contributed by atoms with Crippen molar-refractivity contribution in [3.8, 4) is 0 Å². The molecule has 1 aromatic rings. The van der Waals surface area contributed by atoms with Gasteiger partial charge in [-0.05, 0) is 39.3 Å². The van der Waals surface area contributed by atoms with E-state index in [0.29, 0.717) is 5.15 Å². The van der Waals surface area contributed by atoms with Crippen molar-refractivity contribution in [3.63, 3.8) is 0 Å². The lowest BCUT2D eigenvalue weighted by molar-refractivity contribution is 0.00578. The average Bonchev–Trinajstić information content (AvgIpc) is 2.47. The topological polar surface area (TPSA) is 31.4 Å². The van der Waals surface area contributed by atoms with Crippen LogP contribution in [-0.2, 0) is 9.31 Å². The minimum atomic E-state index is -0.328. The molecule has 0 N–H and O–H groups in total. The number of halogens is 1. The molecule has 3 nitrogen and oxygen atoms in total. The summed E-state index contributed by atoms with van der Waals surface area (Å²) in [6.45, 7) is 8.13. The van der Waals surface area contributed by atoms with Gasteiger partial charge in [0, 0.05) is 6.20 Å². The summed E-state index contributed by atoms with van der Waals surface area (Å²) in [5.41, 5.74) is 0.356. The van der Waals surface area contributed by atoms with E-state index in [1.165, 1.54) is 0 Å². The smallest absolute Gasteiger partial charge is 0.400 e. The van der Waals surface area contributed by atoms with Gasteiger partial charge < -0.3 is 9.31 Å². The first kappa shape index (κ1) is 13.6. The monoisotopic (exact) mass is 265 g/mol. The van der Waals surface area contributed by atoms with Crippen molar-refractivity contribution in [2.75, 3.05) is 0 Å². The molecule has 0 unspecified atom stereocenters. The van der Waals surface area contributed by atoms with Crippen LogP contribution < -0.4 is 0 Å². The standard InChI is InChI=1S/C13H17BClNO2/c1-12(2)13(3,4)18-14(17-12)8-7-10-5-6-11(15)16-9-10/h5-9H,1-4H3/b8-7+. The molecule has 0 spiro atoms. The molecule has 18 heavy (non-hydrogen) atoms. The van der Waals surface area contributed by atoms with Crippen LogP contribution in [0.3, 0.4) is 0 Å². The van der Waals surface area contributed by atoms with Crippen LogP contribution in [0, 0.1) is 0 Å². The van der Waals surface area contributed by atoms with E-state index in [-0.39, 0.29) is 18.3 Å². The van der Waals surface area contributed by atoms with Crippen LogP contribution in [-0.4, -0.2) is 23.3 Å². The van der Waals surface area contributed by atoms with Gasteiger partial charge in [-0.1, -0.05) is 29.7 Å². The molecule has 5 heteroatoms. The predicted octanol–water partition coefficient (Wildman–Crippen LogP) is 3.38. The molecule has 2 heterocycles. The lowest BCUT2D eigenvalue weighted by Crippen LogP contribution is -2.41. The predicted molar refractivity (Wildman–Crippen MR) is 74.4 cm³/mol. The molecule has 0 aliphatic carbocycles. The SMILES string of the molecule is CC1(C)OB(/C=C/c2ccc(Cl)nc2)OC1(C)C. The van der Waals surface area contributed by atoms with Gasteiger partial charge >= 0.3 is 7.12 Å². The molecule has 96 valence electrons. The summed E-state index contributed by atoms with van der Waals surface area (Å²) in [6.07, 6.45) is 3.63. The Morgan fingerprint density at radius 3 is 2.28 bits per heavy atom. The molecular weight excluding hydrogens is 248 g/mol. The lowest BCUT2D eigenvalue weighted by atomic mass is 9.89. The Morgan fingerprint density at radius 1 is 1.17 bits per heavy atom. The van der Waals surface area contributed by atoms with Gasteiger partial charge in [0.1, 0.15) is 5.15 Å². The number of aromatic nitrogens is 1. The minimum Gasteiger partial charge on any atom is -0.400 e. The molecule has 0 radical (unpaired) electrons. The van der Waals surface area contributed by atoms with Crippen LogP contribution >= 0.6 is 11.6 Å². The number of hydrogen-bond acceptors (Lipinski definition) is 3. The largest absolute Gasteiger partial charge is 0.487 e. The van der Waals surface area contributed by atoms with Gasteiger partial charge in [0.2, 0.25) is 0 Å². The fourth-order valence-corrected chi connectivity index (χ4v) is 1.75. The Kier molecular flexibility index (Phi) is 3.54. The van der Waals surface area contributed by atoms with Gasteiger partial charge in [-0.15, -0.1) is 0 Å². The van der Waals surface area contributed by atoms with E-state index in [1.54, 1.807) is 12.3 Å². The van der Waals surface area contributed by atoms with Crippen molar-refractivity contribution in [2.24, 2.45) is 0 Å². The van der Waals surface area contributed by atoms with E-state index in [2.05, 4.69) is 4.98 Å². The third-order valence-corrected chi connectivity index (χ3v) is 3.69. The highest BCUT2D eigenvalue weighted by molar-refractivity contribution is 6.52. The van der Waals surface area contributed by atoms with Gasteiger partial charge in [-0.25, -0.2) is 4.98 Å². The van der Waals surface area contributed by atoms with Crippen molar-refractivity contribution < 1.29 is 9.31 Å². The Balaban J connectivity index is 2.06. The third-order valence-electron chi connectivity index (χ3n) is 3.47. The first-order valence-corrected chi connectivity index (χ1v) is 6.33. The zero-order valence-electron chi connectivity index (χ0n) is 11.1. The van der Waals surface area contributed by atoms with Crippen molar-refractivity contribution in [1.29, 1.82) is 0 Å². The summed E-state index contributed by atoms with van der Waals surface area (Å²) in [5.74, 6) is 1.89. The van der Waals surface area contributed by atoms with E-state index in [0.717, 1.165) is 5.56 Å². The van der Waals surface area contributed by atoms with E-state index in [9.17, 15) is 0 Å². The van der Waals surface area contributed by atoms with Crippen molar-refractivity contribution in [2.45, 2.75) is 38.9 Å². The second-order valence-electron chi connectivity index (χ2n) is 5.40. The maximum absolute atomic E-state index is 5.85. The molecular formula is C13H17BClNO2. The van der Waals surface area contributed by atoms with Crippen LogP contribution in [0.5, 0.6) is 0 Å². The van der Waals surface area contributed by atoms with Gasteiger partial charge in [-0.2, -0.15) is 0 Å². The molecule has 0 amide bonds. The highest BCUT2D eigenvalue weighted by atomic mass is 35.5. The maximum Gasteiger partial charge on any atom is 0.487 e. The first-order chi connectivity index (χ1) is 8.30. The molecule has 1 aromatic heterocycles. The van der Waals surface area contributed by atoms with E-state index >= 15 is 0 Å². The highest BCUT2D eigenvalue weighted by Crippen LogP contribution is 2.36. The van der Waals surface area contributed by atoms with Crippen molar-refractivity contribution in [1.82, 2.24) is 4.98 Å². The van der Waals surface area contributed by atoms with Crippen LogP contribution in [0.15, 0.2) is 24.3 Å². The summed E-state index contributed by atoms with van der Waals surface area (Å²) in [6, 6.07) is 3.66. The minimum absolute atomic E-state index is 0.305.